The third-order valence-corrected chi connectivity index (χ3v) is 5.82. The highest BCUT2D eigenvalue weighted by Gasteiger charge is 2.31. The summed E-state index contributed by atoms with van der Waals surface area (Å²) in [6, 6.07) is 12.2. The first kappa shape index (κ1) is 24.0. The van der Waals surface area contributed by atoms with Gasteiger partial charge in [-0.05, 0) is 54.8 Å². The molecule has 3 aromatic heterocycles. The van der Waals surface area contributed by atoms with E-state index in [2.05, 4.69) is 27.1 Å². The van der Waals surface area contributed by atoms with Gasteiger partial charge in [-0.25, -0.2) is 9.97 Å². The van der Waals surface area contributed by atoms with Gasteiger partial charge < -0.3 is 20.7 Å². The zero-order chi connectivity index (χ0) is 26.2. The van der Waals surface area contributed by atoms with E-state index in [1.165, 1.54) is 23.2 Å². The molecular weight excluding hydrogens is 481 g/mol. The maximum atomic E-state index is 13.5. The Hall–Kier alpha value is -4.75. The van der Waals surface area contributed by atoms with Gasteiger partial charge in [0.15, 0.2) is 11.9 Å². The molecule has 0 aliphatic rings. The molecule has 3 heterocycles. The zero-order valence-corrected chi connectivity index (χ0v) is 19.5. The first-order valence-electron chi connectivity index (χ1n) is 11.2. The number of nitrogens with zero attached hydrogens (tertiary/aromatic N) is 4. The van der Waals surface area contributed by atoms with Crippen LogP contribution in [0.1, 0.15) is 34.2 Å². The van der Waals surface area contributed by atoms with Crippen LogP contribution < -0.4 is 11.1 Å². The van der Waals surface area contributed by atoms with E-state index in [4.69, 9.17) is 5.73 Å². The molecule has 5 aromatic rings. The molecule has 0 spiro atoms. The predicted molar refractivity (Wildman–Crippen MR) is 134 cm³/mol. The molecule has 10 heteroatoms. The van der Waals surface area contributed by atoms with Crippen LogP contribution in [0.25, 0.3) is 11.3 Å². The number of fused-ring (bicyclic) bond motifs is 1. The average Bonchev–Trinajstić information content (AvgIpc) is 3.54. The number of aliphatic hydroxyl groups excluding tert-OH is 1. The Bertz CT molecular complexity index is 1640. The first-order valence-corrected chi connectivity index (χ1v) is 11.2. The Balaban J connectivity index is 1.44. The van der Waals surface area contributed by atoms with Crippen molar-refractivity contribution < 1.29 is 18.3 Å². The summed E-state index contributed by atoms with van der Waals surface area (Å²) in [4.78, 5) is 8.19. The molecule has 0 saturated carbocycles. The molecule has 7 nitrogen and oxygen atoms in total. The van der Waals surface area contributed by atoms with Crippen LogP contribution in [0.15, 0.2) is 79.6 Å². The number of pyridine rings is 1. The van der Waals surface area contributed by atoms with Crippen molar-refractivity contribution in [1.82, 2.24) is 18.9 Å². The van der Waals surface area contributed by atoms with Crippen LogP contribution >= 0.6 is 0 Å². The van der Waals surface area contributed by atoms with Gasteiger partial charge in [-0.15, -0.1) is 0 Å². The number of aryl methyl sites for hydroxylation is 1. The van der Waals surface area contributed by atoms with Crippen molar-refractivity contribution in [3.8, 4) is 17.5 Å². The molecule has 0 aliphatic heterocycles. The minimum atomic E-state index is -4.56. The second kappa shape index (κ2) is 9.37. The van der Waals surface area contributed by atoms with E-state index in [0.29, 0.717) is 28.2 Å². The Kier molecular flexibility index (Phi) is 6.07. The lowest BCUT2D eigenvalue weighted by atomic mass is 10.0. The fraction of sp³-hybridized carbons (Fsp3) is 0.111. The Labute approximate surface area is 210 Å². The molecule has 0 saturated heterocycles. The summed E-state index contributed by atoms with van der Waals surface area (Å²) < 4.78 is 43.8. The topological polar surface area (TPSA) is 93.4 Å². The number of halogens is 3. The molecular formula is C27H21F3N6O. The van der Waals surface area contributed by atoms with Crippen molar-refractivity contribution in [2.24, 2.45) is 0 Å². The van der Waals surface area contributed by atoms with Crippen molar-refractivity contribution in [2.45, 2.75) is 19.3 Å². The average molecular weight is 503 g/mol. The van der Waals surface area contributed by atoms with Gasteiger partial charge >= 0.3 is 6.18 Å². The van der Waals surface area contributed by atoms with Crippen LogP contribution in [-0.2, 0) is 6.18 Å². The van der Waals surface area contributed by atoms with E-state index in [9.17, 15) is 18.3 Å². The summed E-state index contributed by atoms with van der Waals surface area (Å²) in [6.45, 7) is 1.88. The largest absolute Gasteiger partial charge is 0.416 e. The quantitative estimate of drug-likeness (QED) is 0.239. The van der Waals surface area contributed by atoms with Crippen molar-refractivity contribution >= 4 is 17.0 Å². The van der Waals surface area contributed by atoms with Crippen LogP contribution in [0, 0.1) is 18.8 Å². The molecule has 37 heavy (non-hydrogen) atoms. The molecule has 0 radical (unpaired) electrons. The van der Waals surface area contributed by atoms with Crippen molar-refractivity contribution in [3.05, 3.63) is 108 Å². The van der Waals surface area contributed by atoms with E-state index >= 15 is 0 Å². The fourth-order valence-corrected chi connectivity index (χ4v) is 3.86. The fourth-order valence-electron chi connectivity index (χ4n) is 3.86. The number of aromatic nitrogens is 4. The highest BCUT2D eigenvalue weighted by atomic mass is 19.4. The Morgan fingerprint density at radius 1 is 1.08 bits per heavy atom. The maximum Gasteiger partial charge on any atom is 0.416 e. The SMILES string of the molecule is Cc1ccc(C(O)Nc2cc(-n3ccnc3)cc(C(F)(F)F)c2)cc1C#Cc1cnc2c(N)cccn12. The monoisotopic (exact) mass is 502 g/mol. The third kappa shape index (κ3) is 4.98. The molecule has 2 aromatic carbocycles. The lowest BCUT2D eigenvalue weighted by molar-refractivity contribution is -0.137. The number of nitrogens with two attached hydrogens (primary N) is 1. The highest BCUT2D eigenvalue weighted by molar-refractivity contribution is 5.66. The summed E-state index contributed by atoms with van der Waals surface area (Å²) in [5.74, 6) is 6.17. The standard InChI is InChI=1S/C27H21F3N6O/c1-17-4-5-19(11-18(17)6-7-22-15-33-25-24(31)3-2-9-36(22)25)26(37)34-21-12-20(27(28,29)30)13-23(14-21)35-10-8-32-16-35/h2-5,8-16,26,34,37H,31H2,1H3. The van der Waals surface area contributed by atoms with Crippen molar-refractivity contribution in [3.63, 3.8) is 0 Å². The minimum Gasteiger partial charge on any atom is -0.396 e. The normalized spacial score (nSPS) is 12.2. The number of benzene rings is 2. The number of alkyl halides is 3. The van der Waals surface area contributed by atoms with Gasteiger partial charge in [-0.3, -0.25) is 4.40 Å². The van der Waals surface area contributed by atoms with E-state index < -0.39 is 18.0 Å². The van der Waals surface area contributed by atoms with Gasteiger partial charge in [0.1, 0.15) is 5.69 Å². The van der Waals surface area contributed by atoms with Gasteiger partial charge in [-0.2, -0.15) is 13.2 Å². The lowest BCUT2D eigenvalue weighted by Gasteiger charge is -2.18. The van der Waals surface area contributed by atoms with Crippen molar-refractivity contribution in [2.75, 3.05) is 11.1 Å². The summed E-state index contributed by atoms with van der Waals surface area (Å²) >= 11 is 0. The summed E-state index contributed by atoms with van der Waals surface area (Å²) in [7, 11) is 0. The molecule has 4 N–H and O–H groups in total. The second-order valence-electron chi connectivity index (χ2n) is 8.41. The number of rotatable bonds is 4. The highest BCUT2D eigenvalue weighted by Crippen LogP contribution is 2.34. The van der Waals surface area contributed by atoms with Crippen LogP contribution in [0.5, 0.6) is 0 Å². The van der Waals surface area contributed by atoms with Gasteiger partial charge in [0.25, 0.3) is 0 Å². The van der Waals surface area contributed by atoms with Crippen LogP contribution in [-0.4, -0.2) is 24.0 Å². The Morgan fingerprint density at radius 2 is 1.92 bits per heavy atom. The van der Waals surface area contributed by atoms with Crippen LogP contribution in [0.2, 0.25) is 0 Å². The molecule has 186 valence electrons. The Morgan fingerprint density at radius 3 is 2.68 bits per heavy atom. The summed E-state index contributed by atoms with van der Waals surface area (Å²) in [5.41, 5.74) is 9.21. The van der Waals surface area contributed by atoms with Crippen molar-refractivity contribution in [1.29, 1.82) is 0 Å². The smallest absolute Gasteiger partial charge is 0.396 e. The number of nitrogen functional groups attached to an aromatic ring is 1. The number of nitrogens with one attached hydrogen (secondary N) is 1. The molecule has 5 rings (SSSR count). The molecule has 0 amide bonds. The second-order valence-corrected chi connectivity index (χ2v) is 8.41. The molecule has 1 atom stereocenters. The summed E-state index contributed by atoms with van der Waals surface area (Å²) in [6.07, 6.45) is 2.01. The van der Waals surface area contributed by atoms with E-state index in [1.807, 2.05) is 13.1 Å². The number of hydrogen-bond donors (Lipinski definition) is 3. The zero-order valence-electron chi connectivity index (χ0n) is 19.5. The van der Waals surface area contributed by atoms with Gasteiger partial charge in [0, 0.05) is 41.1 Å². The lowest BCUT2D eigenvalue weighted by Crippen LogP contribution is -2.13. The minimum absolute atomic E-state index is 0.0996. The van der Waals surface area contributed by atoms with Crippen LogP contribution in [0.4, 0.5) is 24.5 Å². The number of aliphatic hydroxyl groups is 1. The molecule has 1 unspecified atom stereocenters. The summed E-state index contributed by atoms with van der Waals surface area (Å²) in [5, 5.41) is 13.6. The van der Waals surface area contributed by atoms with Gasteiger partial charge in [0.2, 0.25) is 0 Å². The molecule has 0 bridgehead atoms. The number of hydrogen-bond acceptors (Lipinski definition) is 5. The van der Waals surface area contributed by atoms with Crippen LogP contribution in [0.3, 0.4) is 0 Å². The van der Waals surface area contributed by atoms with E-state index in [0.717, 1.165) is 17.7 Å². The molecule has 0 aliphatic carbocycles. The van der Waals surface area contributed by atoms with Gasteiger partial charge in [-0.1, -0.05) is 18.1 Å². The molecule has 0 fully saturated rings. The van der Waals surface area contributed by atoms with E-state index in [-0.39, 0.29) is 11.4 Å². The maximum absolute atomic E-state index is 13.5. The van der Waals surface area contributed by atoms with Gasteiger partial charge in [0.05, 0.1) is 23.8 Å². The third-order valence-electron chi connectivity index (χ3n) is 5.82. The van der Waals surface area contributed by atoms with E-state index in [1.54, 1.807) is 47.1 Å². The number of anilines is 2. The number of imidazole rings is 2. The first-order chi connectivity index (χ1) is 17.7. The predicted octanol–water partition coefficient (Wildman–Crippen LogP) is 4.93.